The molecule has 0 aliphatic heterocycles. The molecule has 14 nitrogen and oxygen atoms in total. The summed E-state index contributed by atoms with van der Waals surface area (Å²) in [7, 11) is -11.9. The predicted octanol–water partition coefficient (Wildman–Crippen LogP) is 25.4. The molecule has 17 unspecified atom stereocenters. The summed E-state index contributed by atoms with van der Waals surface area (Å²) in [5.41, 5.74) is 6.57. The van der Waals surface area contributed by atoms with E-state index in [0.29, 0.717) is 43.1 Å². The van der Waals surface area contributed by atoms with Crippen LogP contribution >= 0.6 is 23.1 Å². The van der Waals surface area contributed by atoms with Crippen LogP contribution in [0.3, 0.4) is 0 Å². The van der Waals surface area contributed by atoms with Crippen LogP contribution in [0.15, 0.2) is 401 Å². The molecule has 22 rings (SSSR count). The molecule has 1 heterocycles. The average molecular weight is 1990 g/mol. The number of hydrogen-bond acceptors (Lipinski definition) is 16. The number of carbonyl (C=O) groups excluding carboxylic acids is 7. The van der Waals surface area contributed by atoms with Crippen molar-refractivity contribution in [2.45, 2.75) is 137 Å². The van der Waals surface area contributed by atoms with Gasteiger partial charge in [-0.15, -0.1) is 23.1 Å². The average Bonchev–Trinajstić information content (AvgIpc) is 1.47. The van der Waals surface area contributed by atoms with Gasteiger partial charge in [-0.3, -0.25) is 37.8 Å². The van der Waals surface area contributed by atoms with Crippen molar-refractivity contribution in [3.05, 3.63) is 432 Å². The monoisotopic (exact) mass is 1980 g/mol. The molecule has 0 N–H and O–H groups in total. The Morgan fingerprint density at radius 1 is 0.315 bits per heavy atom. The van der Waals surface area contributed by atoms with Crippen LogP contribution in [0, 0.1) is 68.0 Å². The Morgan fingerprint density at radius 3 is 0.951 bits per heavy atom. The lowest BCUT2D eigenvalue weighted by atomic mass is 9.65. The third-order valence-corrected chi connectivity index (χ3v) is 42.2. The normalized spacial score (nSPS) is 27.7. The van der Waals surface area contributed by atoms with Gasteiger partial charge >= 0.3 is 0 Å². The first-order valence-electron chi connectivity index (χ1n) is 47.8. The van der Waals surface area contributed by atoms with Gasteiger partial charge in [-0.1, -0.05) is 335 Å². The Labute approximate surface area is 846 Å². The van der Waals surface area contributed by atoms with E-state index in [4.69, 9.17) is 4.74 Å². The molecule has 0 spiro atoms. The molecule has 8 aliphatic carbocycles. The number of aryl methyl sites for hydroxylation is 1. The number of fused-ring (bicyclic) bond motifs is 9. The lowest BCUT2D eigenvalue weighted by Crippen LogP contribution is -2.51. The van der Waals surface area contributed by atoms with E-state index in [-0.39, 0.29) is 62.5 Å². The molecule has 4 fully saturated rings. The van der Waals surface area contributed by atoms with Crippen molar-refractivity contribution in [3.63, 3.8) is 0 Å². The van der Waals surface area contributed by atoms with Gasteiger partial charge in [0.2, 0.25) is 14.2 Å². The summed E-state index contributed by atoms with van der Waals surface area (Å²) in [6, 6.07) is 120. The number of allylic oxidation sites excluding steroid dienone is 7. The molecule has 4 saturated carbocycles. The summed E-state index contributed by atoms with van der Waals surface area (Å²) in [6.45, 7) is 21.7. The fraction of sp³-hybridized carbons (Fsp3) is 0.234. The molecule has 0 radical (unpaired) electrons. The number of thioether (sulfide) groups is 1. The maximum absolute atomic E-state index is 14.9. The third kappa shape index (κ3) is 15.2. The zero-order valence-corrected chi connectivity index (χ0v) is 85.1. The van der Waals surface area contributed by atoms with Crippen LogP contribution in [-0.2, 0) is 62.8 Å². The Balaban J connectivity index is 0.000000126. The number of benzene rings is 13. The van der Waals surface area contributed by atoms with Crippen molar-refractivity contribution < 1.29 is 59.3 Å². The van der Waals surface area contributed by atoms with Crippen LogP contribution in [0.1, 0.15) is 134 Å². The zero-order valence-electron chi connectivity index (χ0n) is 81.0. The second-order valence-corrected chi connectivity index (χ2v) is 49.0. The van der Waals surface area contributed by atoms with Crippen LogP contribution in [0.4, 0.5) is 0 Å². The van der Waals surface area contributed by atoms with E-state index in [1.54, 1.807) is 94.1 Å². The molecule has 0 saturated heterocycles. The SMILES string of the molecule is C.C=S(=O)(c1ccccc1)C1C(C(C)=O)C2(C)C(=O)C1(C)C(c1ccccc1)=C2c1ccccc1.CC(=O)C1C(Oc2ccc(C)cc2)C2(C)C(=O)C1(C)C(c1ccccc1)=C2c1ccccc1.CC(=O)C1C(Sc2ccccc2)C2(C)C(=O)C1(C)C(c1ccccc1)=C2c1ccccc1.CC12C(=O)C(C)(C(c3ccccc3)=C1c1ccccc1)C(S(=O)(=O)c1nc3ccccc3s1)C2S(=O)(=O)c1ccccc1. The van der Waals surface area contributed by atoms with Gasteiger partial charge in [-0.2, -0.15) is 0 Å². The van der Waals surface area contributed by atoms with E-state index >= 15 is 0 Å². The van der Waals surface area contributed by atoms with Crippen LogP contribution in [0.5, 0.6) is 5.75 Å². The summed E-state index contributed by atoms with van der Waals surface area (Å²) in [5.74, 6) is 2.89. The number of para-hydroxylation sites is 1. The number of sulfone groups is 2. The maximum Gasteiger partial charge on any atom is 0.210 e. The topological polar surface area (TPSA) is 227 Å². The maximum atomic E-state index is 14.9. The van der Waals surface area contributed by atoms with Crippen molar-refractivity contribution in [2.24, 2.45) is 61.1 Å². The van der Waals surface area contributed by atoms with Crippen LogP contribution in [0.25, 0.3) is 54.8 Å². The van der Waals surface area contributed by atoms with Crippen molar-refractivity contribution >= 4 is 153 Å². The predicted molar refractivity (Wildman–Crippen MR) is 576 cm³/mol. The van der Waals surface area contributed by atoms with Crippen molar-refractivity contribution in [2.75, 3.05) is 0 Å². The minimum Gasteiger partial charge on any atom is -0.488 e. The quantitative estimate of drug-likeness (QED) is 0.0610. The van der Waals surface area contributed by atoms with Crippen molar-refractivity contribution in [1.29, 1.82) is 0 Å². The van der Waals surface area contributed by atoms with E-state index in [2.05, 4.69) is 54.2 Å². The van der Waals surface area contributed by atoms with Gasteiger partial charge in [-0.05, 0) is 239 Å². The molecule has 8 aliphatic rings. The number of ketones is 7. The molecule has 722 valence electrons. The molecule has 17 atom stereocenters. The number of carbonyl (C=O) groups is 7. The lowest BCUT2D eigenvalue weighted by molar-refractivity contribution is -0.130. The number of Topliss-reactive ketones (excluding diaryl/α,β-unsaturated/α-hetero) is 7. The molecule has 14 aromatic rings. The van der Waals surface area contributed by atoms with E-state index in [9.17, 15) is 54.6 Å². The highest BCUT2D eigenvalue weighted by atomic mass is 32.2. The van der Waals surface area contributed by atoms with Crippen LogP contribution in [-0.4, -0.2) is 99.5 Å². The first-order chi connectivity index (χ1) is 67.9. The molecule has 19 heteroatoms. The number of thiazole rings is 1. The molecule has 8 bridgehead atoms. The van der Waals surface area contributed by atoms with E-state index in [1.165, 1.54) is 19.1 Å². The highest BCUT2D eigenvalue weighted by molar-refractivity contribution is 8.01. The van der Waals surface area contributed by atoms with E-state index in [0.717, 1.165) is 88.6 Å². The van der Waals surface area contributed by atoms with Gasteiger partial charge in [-0.25, -0.2) is 21.8 Å². The molecule has 0 amide bonds. The highest BCUT2D eigenvalue weighted by Gasteiger charge is 2.81. The Hall–Kier alpha value is -13.5. The van der Waals surface area contributed by atoms with Gasteiger partial charge in [0, 0.05) is 36.4 Å². The fourth-order valence-corrected chi connectivity index (χ4v) is 37.4. The number of rotatable bonds is 21. The summed E-state index contributed by atoms with van der Waals surface area (Å²) in [5, 5.41) is -4.13. The molecular weight excluding hydrogens is 1870 g/mol. The minimum absolute atomic E-state index is 0. The van der Waals surface area contributed by atoms with Gasteiger partial charge < -0.3 is 4.74 Å². The summed E-state index contributed by atoms with van der Waals surface area (Å²) in [4.78, 5) is 104. The second-order valence-electron chi connectivity index (χ2n) is 40.0. The zero-order chi connectivity index (χ0) is 100. The number of ether oxygens (including phenoxy) is 1. The standard InChI is InChI=1S/C34H27NO5S3.C30H28O3S.C30H28O3.C29H26O2S.CH4/c1-33-27(22-14-6-3-7-15-22)28(23-16-8-4-9-17-23)34(2,31(33)36)30(29(33)42(37,38)24-18-10-5-11-19-24)43(39,40)32-35-25-20-12-13-21-26(25)41-32;1-20(31)24-27(34(4,33)23-18-12-7-13-19-23)30(3)26(22-16-10-6-11-17-22)25(29(24,2)28(30)32)21-14-8-5-9-15-21;1-19-15-17-23(18-16-19)33-27-24(20(2)31)29(3)25(21-11-7-5-8-12-21)26(30(27,4)28(29)32)22-13-9-6-10-14-22;1-19(30)23-26(32-22-17-11-6-12-18-22)29(3)25(21-15-9-5-10-16-21)24(28(23,2)27(29)31)20-13-7-4-8-14-20;/h3-21,29-30H,1-2H3;5-19,24,27H,4H2,1-3H3;5-18,24,27H,1-4H3;4-18,23,26H,1-3H3;1H4. The first-order valence-corrected chi connectivity index (χ1v) is 54.4. The molecular formula is C124H113NO13S5. The largest absolute Gasteiger partial charge is 0.488 e. The highest BCUT2D eigenvalue weighted by Crippen LogP contribution is 2.76. The lowest BCUT2D eigenvalue weighted by Gasteiger charge is -2.42. The van der Waals surface area contributed by atoms with Gasteiger partial charge in [0.15, 0.2) is 33.0 Å². The van der Waals surface area contributed by atoms with Gasteiger partial charge in [0.05, 0.1) is 69.6 Å². The Kier molecular flexibility index (Phi) is 26.0. The number of nitrogens with zero attached hydrogens (tertiary/aromatic N) is 1. The van der Waals surface area contributed by atoms with Crippen molar-refractivity contribution in [3.8, 4) is 5.75 Å². The number of hydrogen-bond donors (Lipinski definition) is 0. The van der Waals surface area contributed by atoms with Crippen LogP contribution in [0.2, 0.25) is 0 Å². The summed E-state index contributed by atoms with van der Waals surface area (Å²) in [6.07, 6.45) is -0.585. The smallest absolute Gasteiger partial charge is 0.210 e. The Morgan fingerprint density at radius 2 is 0.587 bits per heavy atom. The second kappa shape index (κ2) is 37.3. The molecule has 13 aromatic carbocycles. The summed E-state index contributed by atoms with van der Waals surface area (Å²) >= 11 is 2.67. The van der Waals surface area contributed by atoms with E-state index in [1.807, 2.05) is 321 Å². The third-order valence-electron chi connectivity index (χ3n) is 31.7. The van der Waals surface area contributed by atoms with E-state index < -0.39 is 112 Å². The van der Waals surface area contributed by atoms with Gasteiger partial charge in [0.25, 0.3) is 0 Å². The molecule has 143 heavy (non-hydrogen) atoms. The number of aromatic nitrogens is 1. The van der Waals surface area contributed by atoms with Crippen molar-refractivity contribution in [1.82, 2.24) is 4.98 Å². The molecule has 1 aromatic heterocycles. The Bertz CT molecular complexity index is 7880. The fourth-order valence-electron chi connectivity index (χ4n) is 26.1. The summed E-state index contributed by atoms with van der Waals surface area (Å²) < 4.78 is 80.9. The van der Waals surface area contributed by atoms with Crippen LogP contribution < -0.4 is 4.74 Å². The first kappa shape index (κ1) is 99.6. The minimum atomic E-state index is -4.47. The van der Waals surface area contributed by atoms with Gasteiger partial charge in [0.1, 0.15) is 39.7 Å².